The van der Waals surface area contributed by atoms with Crippen molar-refractivity contribution >= 4 is 18.0 Å². The van der Waals surface area contributed by atoms with E-state index in [1.807, 2.05) is 31.2 Å². The summed E-state index contributed by atoms with van der Waals surface area (Å²) >= 11 is 0. The van der Waals surface area contributed by atoms with Crippen molar-refractivity contribution < 1.29 is 24.2 Å². The summed E-state index contributed by atoms with van der Waals surface area (Å²) in [5.74, 6) is -1.54. The molecule has 0 saturated heterocycles. The van der Waals surface area contributed by atoms with E-state index in [4.69, 9.17) is 4.74 Å². The van der Waals surface area contributed by atoms with E-state index in [1.54, 1.807) is 13.8 Å². The van der Waals surface area contributed by atoms with Crippen molar-refractivity contribution in [2.24, 2.45) is 11.8 Å². The highest BCUT2D eigenvalue weighted by molar-refractivity contribution is 5.83. The number of carboxylic acids is 1. The molecule has 176 valence electrons. The van der Waals surface area contributed by atoms with Gasteiger partial charge in [0, 0.05) is 18.9 Å². The molecule has 2 aromatic rings. The summed E-state index contributed by atoms with van der Waals surface area (Å²) in [5.41, 5.74) is 4.67. The lowest BCUT2D eigenvalue weighted by atomic mass is 9.98. The zero-order valence-corrected chi connectivity index (χ0v) is 19.3. The van der Waals surface area contributed by atoms with Gasteiger partial charge in [-0.25, -0.2) is 9.59 Å². The summed E-state index contributed by atoms with van der Waals surface area (Å²) in [6.07, 6.45) is 0.291. The Morgan fingerprint density at radius 1 is 0.970 bits per heavy atom. The minimum Gasteiger partial charge on any atom is -0.480 e. The van der Waals surface area contributed by atoms with Gasteiger partial charge in [0.25, 0.3) is 0 Å². The second-order valence-corrected chi connectivity index (χ2v) is 8.98. The number of ether oxygens (including phenoxy) is 1. The molecule has 33 heavy (non-hydrogen) atoms. The van der Waals surface area contributed by atoms with Gasteiger partial charge in [-0.15, -0.1) is 0 Å². The van der Waals surface area contributed by atoms with Gasteiger partial charge in [0.1, 0.15) is 12.6 Å². The van der Waals surface area contributed by atoms with E-state index < -0.39 is 18.1 Å². The molecule has 2 amide bonds. The van der Waals surface area contributed by atoms with E-state index in [1.165, 1.54) is 11.1 Å². The maximum Gasteiger partial charge on any atom is 0.407 e. The predicted octanol–water partition coefficient (Wildman–Crippen LogP) is 4.17. The second kappa shape index (κ2) is 11.0. The molecular weight excluding hydrogens is 420 g/mol. The molecule has 0 radical (unpaired) electrons. The highest BCUT2D eigenvalue weighted by Gasteiger charge is 2.29. The molecule has 0 bridgehead atoms. The number of hydrogen-bond donors (Lipinski definition) is 3. The molecule has 0 fully saturated rings. The van der Waals surface area contributed by atoms with E-state index in [2.05, 4.69) is 34.9 Å². The van der Waals surface area contributed by atoms with Gasteiger partial charge in [0.05, 0.1) is 0 Å². The van der Waals surface area contributed by atoms with Crippen molar-refractivity contribution in [1.82, 2.24) is 10.6 Å². The van der Waals surface area contributed by atoms with Crippen LogP contribution in [0.4, 0.5) is 4.79 Å². The van der Waals surface area contributed by atoms with Crippen molar-refractivity contribution in [3.8, 4) is 11.1 Å². The van der Waals surface area contributed by atoms with Crippen LogP contribution < -0.4 is 10.6 Å². The molecule has 1 unspecified atom stereocenters. The molecule has 0 spiro atoms. The Kier molecular flexibility index (Phi) is 8.09. The van der Waals surface area contributed by atoms with Gasteiger partial charge in [-0.1, -0.05) is 69.3 Å². The summed E-state index contributed by atoms with van der Waals surface area (Å²) < 4.78 is 5.51. The third-order valence-electron chi connectivity index (χ3n) is 6.03. The Labute approximate surface area is 194 Å². The quantitative estimate of drug-likeness (QED) is 0.502. The number of benzene rings is 2. The normalized spacial score (nSPS) is 14.2. The van der Waals surface area contributed by atoms with Crippen LogP contribution in [0.5, 0.6) is 0 Å². The van der Waals surface area contributed by atoms with Gasteiger partial charge in [-0.2, -0.15) is 0 Å². The van der Waals surface area contributed by atoms with Crippen LogP contribution in [0.15, 0.2) is 48.5 Å². The van der Waals surface area contributed by atoms with Crippen molar-refractivity contribution in [2.75, 3.05) is 13.2 Å². The van der Waals surface area contributed by atoms with Gasteiger partial charge in [0.2, 0.25) is 5.91 Å². The van der Waals surface area contributed by atoms with Crippen LogP contribution in [0.3, 0.4) is 0 Å². The lowest BCUT2D eigenvalue weighted by Gasteiger charge is -2.19. The first-order valence-corrected chi connectivity index (χ1v) is 11.4. The van der Waals surface area contributed by atoms with Gasteiger partial charge in [-0.3, -0.25) is 4.79 Å². The van der Waals surface area contributed by atoms with Crippen molar-refractivity contribution in [1.29, 1.82) is 0 Å². The minimum absolute atomic E-state index is 0.00825. The van der Waals surface area contributed by atoms with Crippen LogP contribution in [-0.4, -0.2) is 42.3 Å². The maximum absolute atomic E-state index is 12.2. The molecule has 0 aromatic heterocycles. The third-order valence-corrected chi connectivity index (χ3v) is 6.03. The standard InChI is InChI=1S/C26H32N2O5/c1-16(2)24(25(30)31)28-23(29)14-17(3)12-13-27-26(32)33-15-22-20-10-6-4-8-18(20)19-9-5-7-11-21(19)22/h4-11,16-17,22,24H,12-15H2,1-3H3,(H,27,32)(H,28,29)(H,30,31)/t17?,24-/m1/s1. The number of rotatable bonds is 10. The van der Waals surface area contributed by atoms with Crippen LogP contribution in [0, 0.1) is 11.8 Å². The average Bonchev–Trinajstić information content (AvgIpc) is 3.09. The number of carboxylic acid groups (broad SMARTS) is 1. The predicted molar refractivity (Wildman–Crippen MR) is 126 cm³/mol. The van der Waals surface area contributed by atoms with Crippen LogP contribution in [0.25, 0.3) is 11.1 Å². The van der Waals surface area contributed by atoms with Crippen molar-refractivity contribution in [3.63, 3.8) is 0 Å². The fraction of sp³-hybridized carbons (Fsp3) is 0.423. The largest absolute Gasteiger partial charge is 0.480 e. The van der Waals surface area contributed by atoms with Crippen LogP contribution in [-0.2, 0) is 14.3 Å². The van der Waals surface area contributed by atoms with E-state index in [0.717, 1.165) is 11.1 Å². The summed E-state index contributed by atoms with van der Waals surface area (Å²) in [4.78, 5) is 35.6. The lowest BCUT2D eigenvalue weighted by molar-refractivity contribution is -0.143. The highest BCUT2D eigenvalue weighted by Crippen LogP contribution is 2.44. The number of alkyl carbamates (subject to hydrolysis) is 1. The fourth-order valence-electron chi connectivity index (χ4n) is 4.23. The average molecular weight is 453 g/mol. The number of amides is 2. The molecule has 1 aliphatic rings. The van der Waals surface area contributed by atoms with Crippen LogP contribution in [0.2, 0.25) is 0 Å². The topological polar surface area (TPSA) is 105 Å². The van der Waals surface area contributed by atoms with Gasteiger partial charge in [-0.05, 0) is 40.5 Å². The maximum atomic E-state index is 12.2. The second-order valence-electron chi connectivity index (χ2n) is 8.98. The molecule has 2 aromatic carbocycles. The molecule has 0 heterocycles. The van der Waals surface area contributed by atoms with Gasteiger partial charge >= 0.3 is 12.1 Å². The number of hydrogen-bond acceptors (Lipinski definition) is 4. The van der Waals surface area contributed by atoms with E-state index in [9.17, 15) is 19.5 Å². The Bertz CT molecular complexity index is 958. The zero-order valence-electron chi connectivity index (χ0n) is 19.3. The molecule has 2 atom stereocenters. The summed E-state index contributed by atoms with van der Waals surface area (Å²) in [5, 5.41) is 14.5. The zero-order chi connectivity index (χ0) is 24.0. The molecule has 1 aliphatic carbocycles. The molecule has 3 N–H and O–H groups in total. The van der Waals surface area contributed by atoms with Crippen LogP contribution in [0.1, 0.15) is 50.7 Å². The first kappa shape index (κ1) is 24.3. The van der Waals surface area contributed by atoms with Gasteiger partial charge in [0.15, 0.2) is 0 Å². The number of aliphatic carboxylic acids is 1. The number of fused-ring (bicyclic) bond motifs is 3. The Morgan fingerprint density at radius 3 is 2.09 bits per heavy atom. The molecule has 0 aliphatic heterocycles. The van der Waals surface area contributed by atoms with Crippen LogP contribution >= 0.6 is 0 Å². The monoisotopic (exact) mass is 452 g/mol. The Balaban J connectivity index is 1.42. The molecule has 0 saturated carbocycles. The summed E-state index contributed by atoms with van der Waals surface area (Å²) in [6, 6.07) is 15.4. The van der Waals surface area contributed by atoms with Crippen molar-refractivity contribution in [3.05, 3.63) is 59.7 Å². The lowest BCUT2D eigenvalue weighted by Crippen LogP contribution is -2.44. The minimum atomic E-state index is -1.04. The van der Waals surface area contributed by atoms with Crippen molar-refractivity contribution in [2.45, 2.75) is 45.6 Å². The number of nitrogens with one attached hydrogen (secondary N) is 2. The van der Waals surface area contributed by atoms with E-state index in [0.29, 0.717) is 13.0 Å². The molecule has 7 nitrogen and oxygen atoms in total. The number of carbonyl (C=O) groups is 3. The summed E-state index contributed by atoms with van der Waals surface area (Å²) in [7, 11) is 0. The van der Waals surface area contributed by atoms with E-state index in [-0.39, 0.29) is 36.7 Å². The number of carbonyl (C=O) groups excluding carboxylic acids is 2. The van der Waals surface area contributed by atoms with Gasteiger partial charge < -0.3 is 20.5 Å². The fourth-order valence-corrected chi connectivity index (χ4v) is 4.23. The first-order chi connectivity index (χ1) is 15.8. The summed E-state index contributed by atoms with van der Waals surface area (Å²) in [6.45, 7) is 6.02. The smallest absolute Gasteiger partial charge is 0.407 e. The molecular formula is C26H32N2O5. The van der Waals surface area contributed by atoms with E-state index >= 15 is 0 Å². The SMILES string of the molecule is CC(CCNC(=O)OCC1c2ccccc2-c2ccccc21)CC(=O)N[C@@H](C(=O)O)C(C)C. The first-order valence-electron chi connectivity index (χ1n) is 11.4. The third kappa shape index (κ3) is 6.12. The molecule has 3 rings (SSSR count). The Morgan fingerprint density at radius 2 is 1.55 bits per heavy atom. The molecule has 7 heteroatoms. The highest BCUT2D eigenvalue weighted by atomic mass is 16.5. The Hall–Kier alpha value is -3.35.